The van der Waals surface area contributed by atoms with E-state index >= 15 is 0 Å². The molecule has 1 fully saturated rings. The first kappa shape index (κ1) is 9.51. The summed E-state index contributed by atoms with van der Waals surface area (Å²) in [6, 6.07) is 0. The van der Waals surface area contributed by atoms with Gasteiger partial charge in [-0.05, 0) is 0 Å². The van der Waals surface area contributed by atoms with Gasteiger partial charge in [-0.1, -0.05) is 0 Å². The Morgan fingerprint density at radius 3 is 2.42 bits per heavy atom. The monoisotopic (exact) mass is 182 g/mol. The summed E-state index contributed by atoms with van der Waals surface area (Å²) >= 11 is 0. The van der Waals surface area contributed by atoms with Crippen LogP contribution in [0.15, 0.2) is 0 Å². The molecule has 0 N–H and O–H groups in total. The molecule has 0 saturated heterocycles. The first-order valence-corrected chi connectivity index (χ1v) is 3.67. The van der Waals surface area contributed by atoms with Crippen molar-refractivity contribution in [3.63, 3.8) is 0 Å². The van der Waals surface area contributed by atoms with Crippen LogP contribution < -0.4 is 0 Å². The second-order valence-electron chi connectivity index (χ2n) is 2.80. The van der Waals surface area contributed by atoms with Crippen LogP contribution >= 0.6 is 0 Å². The number of halogens is 3. The lowest BCUT2D eigenvalue weighted by molar-refractivity contribution is -0.155. The maximum atomic E-state index is 11.6. The maximum Gasteiger partial charge on any atom is 0.391 e. The fourth-order valence-electron chi connectivity index (χ4n) is 0.907. The quantitative estimate of drug-likeness (QED) is 0.663. The first-order valence-electron chi connectivity index (χ1n) is 3.67. The Morgan fingerprint density at radius 2 is 2.00 bits per heavy atom. The molecular formula is C7H9F3O2. The van der Waals surface area contributed by atoms with Crippen LogP contribution in [0.2, 0.25) is 0 Å². The van der Waals surface area contributed by atoms with Crippen molar-refractivity contribution in [1.82, 2.24) is 0 Å². The van der Waals surface area contributed by atoms with E-state index in [2.05, 4.69) is 0 Å². The number of carbonyl (C=O) groups excluding carboxylic acids is 1. The van der Waals surface area contributed by atoms with Gasteiger partial charge < -0.3 is 4.74 Å². The molecule has 0 aromatic carbocycles. The zero-order valence-corrected chi connectivity index (χ0v) is 6.36. The summed E-state index contributed by atoms with van der Waals surface area (Å²) < 4.78 is 39.5. The van der Waals surface area contributed by atoms with Gasteiger partial charge in [-0.3, -0.25) is 4.79 Å². The number of hydrogen-bond donors (Lipinski definition) is 0. The van der Waals surface area contributed by atoms with Gasteiger partial charge in [0.15, 0.2) is 0 Å². The average Bonchev–Trinajstić information content (AvgIpc) is 1.81. The van der Waals surface area contributed by atoms with Crippen molar-refractivity contribution in [3.05, 3.63) is 0 Å². The first-order chi connectivity index (χ1) is 5.47. The van der Waals surface area contributed by atoms with Crippen LogP contribution in [0.3, 0.4) is 0 Å². The second kappa shape index (κ2) is 3.43. The molecule has 12 heavy (non-hydrogen) atoms. The topological polar surface area (TPSA) is 26.3 Å². The highest BCUT2D eigenvalue weighted by Crippen LogP contribution is 2.22. The third-order valence-corrected chi connectivity index (χ3v) is 1.65. The zero-order chi connectivity index (χ0) is 9.19. The Morgan fingerprint density at radius 1 is 1.42 bits per heavy atom. The lowest BCUT2D eigenvalue weighted by Crippen LogP contribution is -2.32. The molecule has 1 aliphatic carbocycles. The largest absolute Gasteiger partial charge is 0.391 e. The van der Waals surface area contributed by atoms with Crippen molar-refractivity contribution < 1.29 is 22.7 Å². The molecule has 0 aliphatic heterocycles. The molecule has 1 saturated carbocycles. The molecule has 0 heterocycles. The Bertz CT molecular complexity index is 168. The molecule has 1 rings (SSSR count). The SMILES string of the molecule is O=C1CC(OCCC(F)(F)F)C1. The van der Waals surface area contributed by atoms with E-state index in [1.165, 1.54) is 0 Å². The number of ketones is 1. The highest BCUT2D eigenvalue weighted by Gasteiger charge is 2.30. The number of rotatable bonds is 3. The third kappa shape index (κ3) is 3.21. The van der Waals surface area contributed by atoms with E-state index in [0.29, 0.717) is 0 Å². The lowest BCUT2D eigenvalue weighted by atomic mass is 9.94. The Labute approximate surface area is 67.7 Å². The van der Waals surface area contributed by atoms with Crippen molar-refractivity contribution in [2.45, 2.75) is 31.5 Å². The van der Waals surface area contributed by atoms with Gasteiger partial charge in [0.2, 0.25) is 0 Å². The van der Waals surface area contributed by atoms with Gasteiger partial charge in [0.25, 0.3) is 0 Å². The molecule has 0 amide bonds. The molecular weight excluding hydrogens is 173 g/mol. The molecule has 0 spiro atoms. The van der Waals surface area contributed by atoms with E-state index < -0.39 is 12.6 Å². The molecule has 0 unspecified atom stereocenters. The van der Waals surface area contributed by atoms with Crippen LogP contribution in [0, 0.1) is 0 Å². The van der Waals surface area contributed by atoms with Gasteiger partial charge in [0, 0.05) is 12.8 Å². The normalized spacial score (nSPS) is 19.4. The van der Waals surface area contributed by atoms with Gasteiger partial charge >= 0.3 is 6.18 Å². The smallest absolute Gasteiger partial charge is 0.377 e. The molecule has 0 bridgehead atoms. The van der Waals surface area contributed by atoms with Crippen molar-refractivity contribution in [2.24, 2.45) is 0 Å². The van der Waals surface area contributed by atoms with Crippen molar-refractivity contribution >= 4 is 5.78 Å². The summed E-state index contributed by atoms with van der Waals surface area (Å²) in [4.78, 5) is 10.4. The number of hydrogen-bond acceptors (Lipinski definition) is 2. The Balaban J connectivity index is 2.00. The minimum absolute atomic E-state index is 0.0620. The van der Waals surface area contributed by atoms with Gasteiger partial charge in [0.1, 0.15) is 5.78 Å². The van der Waals surface area contributed by atoms with Crippen LogP contribution in [0.1, 0.15) is 19.3 Å². The summed E-state index contributed by atoms with van der Waals surface area (Å²) in [6.45, 7) is -0.332. The molecule has 0 aromatic rings. The van der Waals surface area contributed by atoms with Crippen molar-refractivity contribution in [3.8, 4) is 0 Å². The summed E-state index contributed by atoms with van der Waals surface area (Å²) in [7, 11) is 0. The van der Waals surface area contributed by atoms with Gasteiger partial charge in [-0.15, -0.1) is 0 Å². The molecule has 1 aliphatic rings. The van der Waals surface area contributed by atoms with Crippen LogP contribution in [0.25, 0.3) is 0 Å². The maximum absolute atomic E-state index is 11.6. The van der Waals surface area contributed by atoms with E-state index in [9.17, 15) is 18.0 Å². The van der Waals surface area contributed by atoms with E-state index in [1.807, 2.05) is 0 Å². The van der Waals surface area contributed by atoms with Crippen molar-refractivity contribution in [1.29, 1.82) is 0 Å². The molecule has 2 nitrogen and oxygen atoms in total. The minimum Gasteiger partial charge on any atom is -0.377 e. The summed E-state index contributed by atoms with van der Waals surface area (Å²) in [5, 5.41) is 0. The summed E-state index contributed by atoms with van der Waals surface area (Å²) in [6.07, 6.45) is -4.80. The summed E-state index contributed by atoms with van der Waals surface area (Å²) in [5.74, 6) is 0.0620. The number of carbonyl (C=O) groups is 1. The van der Waals surface area contributed by atoms with Crippen LogP contribution in [0.5, 0.6) is 0 Å². The van der Waals surface area contributed by atoms with Gasteiger partial charge in [-0.2, -0.15) is 13.2 Å². The van der Waals surface area contributed by atoms with Crippen molar-refractivity contribution in [2.75, 3.05) is 6.61 Å². The minimum atomic E-state index is -4.16. The highest BCUT2D eigenvalue weighted by molar-refractivity contribution is 5.85. The van der Waals surface area contributed by atoms with E-state index in [4.69, 9.17) is 4.74 Å². The highest BCUT2D eigenvalue weighted by atomic mass is 19.4. The number of alkyl halides is 3. The Kier molecular flexibility index (Phi) is 2.72. The molecule has 70 valence electrons. The molecule has 5 heteroatoms. The zero-order valence-electron chi connectivity index (χ0n) is 6.36. The predicted octanol–water partition coefficient (Wildman–Crippen LogP) is 1.69. The van der Waals surface area contributed by atoms with Gasteiger partial charge in [-0.25, -0.2) is 0 Å². The standard InChI is InChI=1S/C7H9F3O2/c8-7(9,10)1-2-12-6-3-5(11)4-6/h6H,1-4H2. The van der Waals surface area contributed by atoms with Crippen LogP contribution in [-0.4, -0.2) is 24.7 Å². The molecule has 0 radical (unpaired) electrons. The molecule has 0 aromatic heterocycles. The van der Waals surface area contributed by atoms with E-state index in [1.54, 1.807) is 0 Å². The van der Waals surface area contributed by atoms with Crippen LogP contribution in [-0.2, 0) is 9.53 Å². The van der Waals surface area contributed by atoms with E-state index in [0.717, 1.165) is 0 Å². The fourth-order valence-corrected chi connectivity index (χ4v) is 0.907. The van der Waals surface area contributed by atoms with Crippen LogP contribution in [0.4, 0.5) is 13.2 Å². The van der Waals surface area contributed by atoms with E-state index in [-0.39, 0.29) is 31.3 Å². The number of ether oxygens (including phenoxy) is 1. The summed E-state index contributed by atoms with van der Waals surface area (Å²) in [5.41, 5.74) is 0. The number of Topliss-reactive ketones (excluding diaryl/α,β-unsaturated/α-hetero) is 1. The van der Waals surface area contributed by atoms with Gasteiger partial charge in [0.05, 0.1) is 19.1 Å². The molecule has 0 atom stereocenters. The average molecular weight is 182 g/mol. The predicted molar refractivity (Wildman–Crippen MR) is 34.7 cm³/mol. The Hall–Kier alpha value is -0.580. The third-order valence-electron chi connectivity index (χ3n) is 1.65. The fraction of sp³-hybridized carbons (Fsp3) is 0.857. The second-order valence-corrected chi connectivity index (χ2v) is 2.80. The lowest BCUT2D eigenvalue weighted by Gasteiger charge is -2.24.